The van der Waals surface area contributed by atoms with Crippen LogP contribution in [0.4, 0.5) is 13.2 Å². The van der Waals surface area contributed by atoms with Crippen molar-refractivity contribution in [3.8, 4) is 34.6 Å². The highest BCUT2D eigenvalue weighted by molar-refractivity contribution is 6.11. The average Bonchev–Trinajstić information content (AvgIpc) is 3.59. The number of nitrogens with zero attached hydrogens (tertiary/aromatic N) is 4. The molecule has 0 saturated heterocycles. The Bertz CT molecular complexity index is 2550. The topological polar surface area (TPSA) is 57.4 Å². The molecule has 8 rings (SSSR count). The third-order valence-electron chi connectivity index (χ3n) is 8.83. The van der Waals surface area contributed by atoms with Crippen LogP contribution in [0.5, 0.6) is 0 Å². The molecule has 4 nitrogen and oxygen atoms in total. The van der Waals surface area contributed by atoms with E-state index in [9.17, 15) is 23.7 Å². The fraction of sp³-hybridized carbons (Fsp3) is 0.0500. The zero-order valence-corrected chi connectivity index (χ0v) is 25.0. The molecule has 0 N–H and O–H groups in total. The van der Waals surface area contributed by atoms with Gasteiger partial charge in [0.25, 0.3) is 0 Å². The lowest BCUT2D eigenvalue weighted by Gasteiger charge is -2.22. The molecule has 47 heavy (non-hydrogen) atoms. The largest absolute Gasteiger partial charge is 0.416 e. The van der Waals surface area contributed by atoms with Crippen molar-refractivity contribution in [2.75, 3.05) is 0 Å². The minimum absolute atomic E-state index is 0.158. The van der Waals surface area contributed by atoms with Crippen molar-refractivity contribution in [3.63, 3.8) is 0 Å². The van der Waals surface area contributed by atoms with Gasteiger partial charge in [-0.1, -0.05) is 78.9 Å². The quantitative estimate of drug-likeness (QED) is 0.198. The summed E-state index contributed by atoms with van der Waals surface area (Å²) in [7, 11) is 0. The Morgan fingerprint density at radius 2 is 1.04 bits per heavy atom. The van der Waals surface area contributed by atoms with Gasteiger partial charge < -0.3 is 9.13 Å². The van der Waals surface area contributed by atoms with Crippen molar-refractivity contribution < 1.29 is 13.2 Å². The summed E-state index contributed by atoms with van der Waals surface area (Å²) in [5, 5.41) is 25.6. The van der Waals surface area contributed by atoms with Gasteiger partial charge in [-0.2, -0.15) is 23.7 Å². The first kappa shape index (κ1) is 28.2. The zero-order valence-electron chi connectivity index (χ0n) is 25.0. The molecule has 7 heteroatoms. The Labute approximate surface area is 267 Å². The highest BCUT2D eigenvalue weighted by Gasteiger charge is 2.33. The Balaban J connectivity index is 1.61. The number of hydrogen-bond acceptors (Lipinski definition) is 2. The second-order valence-corrected chi connectivity index (χ2v) is 11.6. The highest BCUT2D eigenvalue weighted by atomic mass is 19.4. The van der Waals surface area contributed by atoms with Gasteiger partial charge in [0.2, 0.25) is 0 Å². The Kier molecular flexibility index (Phi) is 6.22. The second kappa shape index (κ2) is 10.4. The molecule has 8 aromatic rings. The zero-order chi connectivity index (χ0) is 32.4. The molecule has 2 aromatic heterocycles. The van der Waals surface area contributed by atoms with E-state index >= 15 is 0 Å². The van der Waals surface area contributed by atoms with Crippen LogP contribution >= 0.6 is 0 Å². The second-order valence-electron chi connectivity index (χ2n) is 11.6. The Hall–Kier alpha value is -6.31. The minimum Gasteiger partial charge on any atom is -0.308 e. The van der Waals surface area contributed by atoms with E-state index in [1.165, 1.54) is 0 Å². The summed E-state index contributed by atoms with van der Waals surface area (Å²) in [5.41, 5.74) is 4.30. The SMILES string of the molecule is Cc1cc(-c2c(C#N)c(-n3c4ccccc4c4ccccc43)cc(C#N)c2-n2c3ccccc3c3ccccc32)cc(C(F)(F)F)c1. The molecule has 0 spiro atoms. The fourth-order valence-corrected chi connectivity index (χ4v) is 6.98. The fourth-order valence-electron chi connectivity index (χ4n) is 6.98. The lowest BCUT2D eigenvalue weighted by molar-refractivity contribution is -0.137. The molecule has 0 aliphatic carbocycles. The van der Waals surface area contributed by atoms with E-state index < -0.39 is 11.7 Å². The number of aromatic nitrogens is 2. The van der Waals surface area contributed by atoms with Gasteiger partial charge in [-0.15, -0.1) is 0 Å². The van der Waals surface area contributed by atoms with E-state index in [0.29, 0.717) is 16.9 Å². The van der Waals surface area contributed by atoms with Crippen LogP contribution in [-0.4, -0.2) is 9.13 Å². The van der Waals surface area contributed by atoms with Crippen molar-refractivity contribution in [1.82, 2.24) is 9.13 Å². The predicted molar refractivity (Wildman–Crippen MR) is 180 cm³/mol. The summed E-state index contributed by atoms with van der Waals surface area (Å²) in [6.45, 7) is 1.60. The van der Waals surface area contributed by atoms with E-state index in [1.807, 2.05) is 106 Å². The minimum atomic E-state index is -4.62. The molecule has 2 heterocycles. The third kappa shape index (κ3) is 4.21. The maximum absolute atomic E-state index is 14.3. The van der Waals surface area contributed by atoms with Crippen molar-refractivity contribution in [2.45, 2.75) is 13.1 Å². The standard InChI is InChI=1S/C40H23F3N4/c1-24-18-25(20-27(19-24)40(41,42)43)38-32(23-45)37(46-33-14-6-2-10-28(33)29-11-3-7-15-34(29)46)21-26(22-44)39(38)47-35-16-8-4-12-30(35)31-13-5-9-17-36(31)47/h2-21H,1H3. The van der Waals surface area contributed by atoms with Gasteiger partial charge in [0, 0.05) is 27.1 Å². The van der Waals surface area contributed by atoms with Gasteiger partial charge in [-0.3, -0.25) is 0 Å². The van der Waals surface area contributed by atoms with Crippen molar-refractivity contribution in [1.29, 1.82) is 10.5 Å². The molecule has 224 valence electrons. The van der Waals surface area contributed by atoms with Crippen molar-refractivity contribution in [3.05, 3.63) is 144 Å². The van der Waals surface area contributed by atoms with Crippen molar-refractivity contribution in [2.24, 2.45) is 0 Å². The lowest BCUT2D eigenvalue weighted by atomic mass is 9.91. The van der Waals surface area contributed by atoms with Gasteiger partial charge in [0.1, 0.15) is 12.1 Å². The molecule has 0 unspecified atom stereocenters. The summed E-state index contributed by atoms with van der Waals surface area (Å²) < 4.78 is 46.8. The van der Waals surface area contributed by atoms with Crippen LogP contribution < -0.4 is 0 Å². The number of halogens is 3. The summed E-state index contributed by atoms with van der Waals surface area (Å²) in [6.07, 6.45) is -4.62. The molecular formula is C40H23F3N4. The molecule has 0 atom stereocenters. The predicted octanol–water partition coefficient (Wildman–Crippen LogP) is 10.6. The van der Waals surface area contributed by atoms with Crippen LogP contribution in [0.2, 0.25) is 0 Å². The average molecular weight is 617 g/mol. The first-order chi connectivity index (χ1) is 22.8. The third-order valence-corrected chi connectivity index (χ3v) is 8.83. The number of alkyl halides is 3. The first-order valence-corrected chi connectivity index (χ1v) is 15.0. The van der Waals surface area contributed by atoms with Gasteiger partial charge in [-0.05, 0) is 60.5 Å². The summed E-state index contributed by atoms with van der Waals surface area (Å²) in [4.78, 5) is 0. The normalized spacial score (nSPS) is 11.8. The van der Waals surface area contributed by atoms with Crippen LogP contribution in [0.3, 0.4) is 0 Å². The molecule has 0 fully saturated rings. The van der Waals surface area contributed by atoms with Gasteiger partial charge >= 0.3 is 6.18 Å². The van der Waals surface area contributed by atoms with Gasteiger partial charge in [0.15, 0.2) is 0 Å². The number of rotatable bonds is 3. The van der Waals surface area contributed by atoms with Crippen molar-refractivity contribution >= 4 is 43.6 Å². The smallest absolute Gasteiger partial charge is 0.308 e. The lowest BCUT2D eigenvalue weighted by Crippen LogP contribution is -2.09. The summed E-state index contributed by atoms with van der Waals surface area (Å²) >= 11 is 0. The molecule has 0 bridgehead atoms. The Morgan fingerprint density at radius 1 is 0.574 bits per heavy atom. The monoisotopic (exact) mass is 616 g/mol. The van der Waals surface area contributed by atoms with Crippen LogP contribution in [0, 0.1) is 29.6 Å². The van der Waals surface area contributed by atoms with E-state index in [1.54, 1.807) is 19.1 Å². The van der Waals surface area contributed by atoms with Crippen LogP contribution in [0.1, 0.15) is 22.3 Å². The van der Waals surface area contributed by atoms with E-state index in [4.69, 9.17) is 0 Å². The number of hydrogen-bond donors (Lipinski definition) is 0. The van der Waals surface area contributed by atoms with E-state index in [0.717, 1.165) is 55.7 Å². The van der Waals surface area contributed by atoms with E-state index in [-0.39, 0.29) is 22.3 Å². The number of fused-ring (bicyclic) bond motifs is 6. The molecular weight excluding hydrogens is 593 g/mol. The van der Waals surface area contributed by atoms with Crippen LogP contribution in [0.25, 0.3) is 66.1 Å². The molecule has 6 aromatic carbocycles. The Morgan fingerprint density at radius 3 is 1.49 bits per heavy atom. The molecule has 0 saturated carbocycles. The number of nitriles is 2. The highest BCUT2D eigenvalue weighted by Crippen LogP contribution is 2.44. The first-order valence-electron chi connectivity index (χ1n) is 15.0. The van der Waals surface area contributed by atoms with Crippen LogP contribution in [0.15, 0.2) is 121 Å². The number of aryl methyl sites for hydroxylation is 1. The van der Waals surface area contributed by atoms with Gasteiger partial charge in [0.05, 0.1) is 50.1 Å². The van der Waals surface area contributed by atoms with E-state index in [2.05, 4.69) is 12.1 Å². The molecule has 0 aliphatic heterocycles. The molecule has 0 aliphatic rings. The maximum atomic E-state index is 14.3. The van der Waals surface area contributed by atoms with Gasteiger partial charge in [-0.25, -0.2) is 0 Å². The summed E-state index contributed by atoms with van der Waals surface area (Å²) in [6, 6.07) is 41.2. The maximum Gasteiger partial charge on any atom is 0.416 e. The number of benzene rings is 6. The summed E-state index contributed by atoms with van der Waals surface area (Å²) in [5.74, 6) is 0. The van der Waals surface area contributed by atoms with Crippen LogP contribution in [-0.2, 0) is 6.18 Å². The molecule has 0 amide bonds. The number of para-hydroxylation sites is 4. The molecule has 0 radical (unpaired) electrons.